The Balaban J connectivity index is 3.03. The van der Waals surface area contributed by atoms with Crippen molar-refractivity contribution < 1.29 is 5.11 Å². The highest BCUT2D eigenvalue weighted by molar-refractivity contribution is 9.09. The fraction of sp³-hybridized carbons (Fsp3) is 0.667. The standard InChI is InChI=1S/C6H11BrO/c1-2-3-6(8)4-5-7/h2,6,8H,1,3-5H2/t6-/m0/s1. The van der Waals surface area contributed by atoms with Crippen molar-refractivity contribution in [2.45, 2.75) is 18.9 Å². The molecule has 0 aliphatic rings. The number of aliphatic hydroxyl groups is 1. The molecule has 0 aromatic heterocycles. The molecule has 0 bridgehead atoms. The normalized spacial score (nSPS) is 13.2. The van der Waals surface area contributed by atoms with E-state index < -0.39 is 0 Å². The molecule has 2 heteroatoms. The van der Waals surface area contributed by atoms with Crippen LogP contribution in [0.1, 0.15) is 12.8 Å². The number of rotatable bonds is 4. The van der Waals surface area contributed by atoms with Gasteiger partial charge in [0.2, 0.25) is 0 Å². The molecule has 0 aromatic carbocycles. The predicted molar refractivity (Wildman–Crippen MR) is 39.2 cm³/mol. The Kier molecular flexibility index (Phi) is 5.44. The maximum Gasteiger partial charge on any atom is 0.0582 e. The van der Waals surface area contributed by atoms with Crippen molar-refractivity contribution >= 4 is 15.9 Å². The van der Waals surface area contributed by atoms with Crippen LogP contribution in [0.4, 0.5) is 0 Å². The first kappa shape index (κ1) is 8.18. The summed E-state index contributed by atoms with van der Waals surface area (Å²) in [4.78, 5) is 0. The molecule has 1 N–H and O–H groups in total. The molecule has 0 aromatic rings. The molecule has 1 nitrogen and oxygen atoms in total. The third-order valence-corrected chi connectivity index (χ3v) is 1.34. The van der Waals surface area contributed by atoms with Crippen LogP contribution in [0.3, 0.4) is 0 Å². The van der Waals surface area contributed by atoms with Gasteiger partial charge in [-0.25, -0.2) is 0 Å². The average molecular weight is 179 g/mol. The summed E-state index contributed by atoms with van der Waals surface area (Å²) < 4.78 is 0. The Morgan fingerprint density at radius 1 is 1.75 bits per heavy atom. The van der Waals surface area contributed by atoms with E-state index in [1.165, 1.54) is 0 Å². The minimum Gasteiger partial charge on any atom is -0.393 e. The summed E-state index contributed by atoms with van der Waals surface area (Å²) in [5.41, 5.74) is 0. The van der Waals surface area contributed by atoms with Gasteiger partial charge < -0.3 is 5.11 Å². The van der Waals surface area contributed by atoms with Gasteiger partial charge in [-0.1, -0.05) is 22.0 Å². The number of halogens is 1. The zero-order chi connectivity index (χ0) is 6.41. The van der Waals surface area contributed by atoms with E-state index in [0.29, 0.717) is 6.42 Å². The van der Waals surface area contributed by atoms with E-state index in [4.69, 9.17) is 5.11 Å². The summed E-state index contributed by atoms with van der Waals surface area (Å²) >= 11 is 3.23. The SMILES string of the molecule is C=CC[C@H](O)CCBr. The number of hydrogen-bond donors (Lipinski definition) is 1. The molecule has 0 rings (SSSR count). The second-order valence-electron chi connectivity index (χ2n) is 1.66. The van der Waals surface area contributed by atoms with Crippen molar-refractivity contribution in [2.24, 2.45) is 0 Å². The maximum absolute atomic E-state index is 8.95. The van der Waals surface area contributed by atoms with E-state index >= 15 is 0 Å². The molecular weight excluding hydrogens is 168 g/mol. The van der Waals surface area contributed by atoms with E-state index in [2.05, 4.69) is 22.5 Å². The first-order chi connectivity index (χ1) is 3.81. The van der Waals surface area contributed by atoms with E-state index in [9.17, 15) is 0 Å². The lowest BCUT2D eigenvalue weighted by atomic mass is 10.2. The van der Waals surface area contributed by atoms with Gasteiger partial charge in [-0.05, 0) is 12.8 Å². The highest BCUT2D eigenvalue weighted by Gasteiger charge is 1.96. The van der Waals surface area contributed by atoms with Gasteiger partial charge in [0.15, 0.2) is 0 Å². The predicted octanol–water partition coefficient (Wildman–Crippen LogP) is 1.71. The summed E-state index contributed by atoms with van der Waals surface area (Å²) in [7, 11) is 0. The first-order valence-corrected chi connectivity index (χ1v) is 3.78. The molecule has 8 heavy (non-hydrogen) atoms. The molecule has 0 unspecified atom stereocenters. The van der Waals surface area contributed by atoms with E-state index in [0.717, 1.165) is 11.8 Å². The van der Waals surface area contributed by atoms with Crippen molar-refractivity contribution in [1.29, 1.82) is 0 Å². The topological polar surface area (TPSA) is 20.2 Å². The second-order valence-corrected chi connectivity index (χ2v) is 2.45. The van der Waals surface area contributed by atoms with Crippen LogP contribution in [0.15, 0.2) is 12.7 Å². The van der Waals surface area contributed by atoms with Crippen molar-refractivity contribution in [1.82, 2.24) is 0 Å². The van der Waals surface area contributed by atoms with Gasteiger partial charge in [0.1, 0.15) is 0 Å². The second kappa shape index (κ2) is 5.32. The van der Waals surface area contributed by atoms with Crippen LogP contribution >= 0.6 is 15.9 Å². The van der Waals surface area contributed by atoms with Gasteiger partial charge in [0.25, 0.3) is 0 Å². The maximum atomic E-state index is 8.95. The Hall–Kier alpha value is 0.180. The average Bonchev–Trinajstić information content (AvgIpc) is 1.68. The summed E-state index contributed by atoms with van der Waals surface area (Å²) in [6, 6.07) is 0. The lowest BCUT2D eigenvalue weighted by Gasteiger charge is -2.02. The van der Waals surface area contributed by atoms with Crippen molar-refractivity contribution in [3.05, 3.63) is 12.7 Å². The molecule has 0 saturated carbocycles. The zero-order valence-electron chi connectivity index (χ0n) is 4.81. The minimum atomic E-state index is -0.202. The van der Waals surface area contributed by atoms with Gasteiger partial charge in [0, 0.05) is 5.33 Å². The molecule has 0 spiro atoms. The third kappa shape index (κ3) is 4.34. The summed E-state index contributed by atoms with van der Waals surface area (Å²) in [5, 5.41) is 9.81. The molecule has 48 valence electrons. The molecule has 0 saturated heterocycles. The Labute approximate surface area is 58.5 Å². The lowest BCUT2D eigenvalue weighted by molar-refractivity contribution is 0.175. The zero-order valence-corrected chi connectivity index (χ0v) is 6.39. The first-order valence-electron chi connectivity index (χ1n) is 2.66. The van der Waals surface area contributed by atoms with E-state index in [1.54, 1.807) is 6.08 Å². The Bertz CT molecular complexity index is 63.5. The molecular formula is C6H11BrO. The fourth-order valence-corrected chi connectivity index (χ4v) is 0.965. The highest BCUT2D eigenvalue weighted by atomic mass is 79.9. The van der Waals surface area contributed by atoms with Crippen LogP contribution in [0.2, 0.25) is 0 Å². The number of aliphatic hydroxyl groups excluding tert-OH is 1. The molecule has 0 aliphatic carbocycles. The van der Waals surface area contributed by atoms with Gasteiger partial charge in [0.05, 0.1) is 6.10 Å². The fourth-order valence-electron chi connectivity index (χ4n) is 0.436. The van der Waals surface area contributed by atoms with E-state index in [-0.39, 0.29) is 6.10 Å². The van der Waals surface area contributed by atoms with Gasteiger partial charge in [-0.2, -0.15) is 0 Å². The van der Waals surface area contributed by atoms with Crippen LogP contribution in [-0.2, 0) is 0 Å². The Morgan fingerprint density at radius 3 is 2.75 bits per heavy atom. The molecule has 0 heterocycles. The number of alkyl halides is 1. The van der Waals surface area contributed by atoms with E-state index in [1.807, 2.05) is 0 Å². The molecule has 0 amide bonds. The van der Waals surface area contributed by atoms with Crippen LogP contribution in [0, 0.1) is 0 Å². The highest BCUT2D eigenvalue weighted by Crippen LogP contribution is 1.99. The quantitative estimate of drug-likeness (QED) is 0.514. The van der Waals surface area contributed by atoms with Gasteiger partial charge >= 0.3 is 0 Å². The summed E-state index contributed by atoms with van der Waals surface area (Å²) in [6.07, 6.45) is 3.04. The van der Waals surface area contributed by atoms with Crippen LogP contribution < -0.4 is 0 Å². The largest absolute Gasteiger partial charge is 0.393 e. The number of hydrogen-bond acceptors (Lipinski definition) is 1. The summed E-state index contributed by atoms with van der Waals surface area (Å²) in [6.45, 7) is 3.51. The minimum absolute atomic E-state index is 0.202. The summed E-state index contributed by atoms with van der Waals surface area (Å²) in [5.74, 6) is 0. The van der Waals surface area contributed by atoms with Crippen molar-refractivity contribution in [3.8, 4) is 0 Å². The van der Waals surface area contributed by atoms with Crippen molar-refractivity contribution in [3.63, 3.8) is 0 Å². The van der Waals surface area contributed by atoms with Crippen LogP contribution in [0.25, 0.3) is 0 Å². The molecule has 1 atom stereocenters. The van der Waals surface area contributed by atoms with Crippen molar-refractivity contribution in [2.75, 3.05) is 5.33 Å². The molecule has 0 radical (unpaired) electrons. The smallest absolute Gasteiger partial charge is 0.0582 e. The monoisotopic (exact) mass is 178 g/mol. The van der Waals surface area contributed by atoms with Crippen LogP contribution in [-0.4, -0.2) is 16.5 Å². The third-order valence-electron chi connectivity index (χ3n) is 0.881. The molecule has 0 fully saturated rings. The Morgan fingerprint density at radius 2 is 2.38 bits per heavy atom. The lowest BCUT2D eigenvalue weighted by Crippen LogP contribution is -2.04. The van der Waals surface area contributed by atoms with Gasteiger partial charge in [-0.3, -0.25) is 0 Å². The van der Waals surface area contributed by atoms with Gasteiger partial charge in [-0.15, -0.1) is 6.58 Å². The van der Waals surface area contributed by atoms with Crippen LogP contribution in [0.5, 0.6) is 0 Å². The molecule has 0 aliphatic heterocycles.